The Kier molecular flexibility index (Phi) is 3.42. The molecule has 5 heteroatoms. The van der Waals surface area contributed by atoms with Crippen molar-refractivity contribution in [2.75, 3.05) is 0 Å². The van der Waals surface area contributed by atoms with Gasteiger partial charge in [-0.1, -0.05) is 19.9 Å². The van der Waals surface area contributed by atoms with Gasteiger partial charge in [0.05, 0.1) is 16.6 Å². The van der Waals surface area contributed by atoms with Gasteiger partial charge in [0, 0.05) is 17.8 Å². The molecule has 2 aliphatic heterocycles. The molecular weight excluding hydrogens is 332 g/mol. The quantitative estimate of drug-likeness (QED) is 0.672. The van der Waals surface area contributed by atoms with Crippen molar-refractivity contribution < 1.29 is 24.2 Å². The molecule has 0 aromatic carbocycles. The van der Waals surface area contributed by atoms with Crippen molar-refractivity contribution in [2.45, 2.75) is 77.6 Å². The van der Waals surface area contributed by atoms with Crippen molar-refractivity contribution in [3.05, 3.63) is 23.5 Å². The van der Waals surface area contributed by atoms with Crippen LogP contribution in [-0.4, -0.2) is 34.2 Å². The number of aliphatic hydroxyl groups is 1. The van der Waals surface area contributed by atoms with Crippen LogP contribution in [0, 0.1) is 16.7 Å². The Morgan fingerprint density at radius 1 is 1.12 bits per heavy atom. The molecule has 2 aliphatic carbocycles. The van der Waals surface area contributed by atoms with Crippen LogP contribution in [0.2, 0.25) is 0 Å². The molecule has 0 unspecified atom stereocenters. The van der Waals surface area contributed by atoms with E-state index in [2.05, 4.69) is 0 Å². The number of allylic oxidation sites excluding steroid dienone is 1. The number of rotatable bonds is 0. The van der Waals surface area contributed by atoms with Crippen LogP contribution in [0.1, 0.15) is 60.3 Å². The average Bonchev–Trinajstić information content (AvgIpc) is 2.54. The Labute approximate surface area is 154 Å². The van der Waals surface area contributed by atoms with E-state index in [0.717, 1.165) is 0 Å². The third kappa shape index (κ3) is 1.95. The zero-order valence-electron chi connectivity index (χ0n) is 16.2. The summed E-state index contributed by atoms with van der Waals surface area (Å²) in [6.07, 6.45) is 5.35. The summed E-state index contributed by atoms with van der Waals surface area (Å²) in [6.45, 7) is 9.69. The number of ether oxygens (including phenoxy) is 2. The second-order valence-electron chi connectivity index (χ2n) is 9.48. The molecule has 4 rings (SSSR count). The van der Waals surface area contributed by atoms with E-state index in [1.807, 2.05) is 40.7 Å². The topological polar surface area (TPSA) is 72.8 Å². The summed E-state index contributed by atoms with van der Waals surface area (Å²) in [5, 5.41) is 11.7. The monoisotopic (exact) mass is 360 g/mol. The van der Waals surface area contributed by atoms with Gasteiger partial charge >= 0.3 is 5.97 Å². The van der Waals surface area contributed by atoms with Gasteiger partial charge in [0.1, 0.15) is 17.5 Å². The minimum absolute atomic E-state index is 0.0829. The molecule has 0 spiro atoms. The molecule has 0 saturated heterocycles. The Balaban J connectivity index is 1.85. The summed E-state index contributed by atoms with van der Waals surface area (Å²) < 4.78 is 11.8. The highest BCUT2D eigenvalue weighted by Crippen LogP contribution is 2.64. The predicted octanol–water partition coefficient (Wildman–Crippen LogP) is 3.07. The van der Waals surface area contributed by atoms with Crippen LogP contribution in [0.15, 0.2) is 23.5 Å². The number of hydrogen-bond donors (Lipinski definition) is 1. The van der Waals surface area contributed by atoms with E-state index in [-0.39, 0.29) is 23.8 Å². The number of fused-ring (bicyclic) bond motifs is 3. The zero-order valence-corrected chi connectivity index (χ0v) is 16.2. The largest absolute Gasteiger partial charge is 0.491 e. The molecule has 142 valence electrons. The van der Waals surface area contributed by atoms with Crippen LogP contribution in [0.25, 0.3) is 0 Å². The molecular formula is C21H28O5. The first-order valence-corrected chi connectivity index (χ1v) is 9.53. The van der Waals surface area contributed by atoms with Gasteiger partial charge in [0.2, 0.25) is 0 Å². The molecule has 1 fully saturated rings. The van der Waals surface area contributed by atoms with Crippen LogP contribution < -0.4 is 0 Å². The first-order chi connectivity index (χ1) is 11.9. The molecule has 2 heterocycles. The first-order valence-electron chi connectivity index (χ1n) is 9.53. The fraction of sp³-hybridized carbons (Fsp3) is 0.714. The number of carbonyl (C=O) groups excluding carboxylic acids is 2. The lowest BCUT2D eigenvalue weighted by atomic mass is 9.43. The van der Waals surface area contributed by atoms with Gasteiger partial charge in [-0.3, -0.25) is 4.79 Å². The summed E-state index contributed by atoms with van der Waals surface area (Å²) in [5.74, 6) is -0.0122. The van der Waals surface area contributed by atoms with E-state index in [4.69, 9.17) is 9.47 Å². The molecule has 26 heavy (non-hydrogen) atoms. The lowest BCUT2D eigenvalue weighted by Crippen LogP contribution is -2.71. The van der Waals surface area contributed by atoms with Gasteiger partial charge in [0.25, 0.3) is 0 Å². The lowest BCUT2D eigenvalue weighted by Gasteiger charge is -2.64. The van der Waals surface area contributed by atoms with Gasteiger partial charge in [-0.25, -0.2) is 4.79 Å². The van der Waals surface area contributed by atoms with Crippen molar-refractivity contribution in [1.29, 1.82) is 0 Å². The Morgan fingerprint density at radius 3 is 2.50 bits per heavy atom. The maximum atomic E-state index is 13.1. The Hall–Kier alpha value is -1.62. The van der Waals surface area contributed by atoms with E-state index >= 15 is 0 Å². The lowest BCUT2D eigenvalue weighted by molar-refractivity contribution is -0.243. The molecule has 1 saturated carbocycles. The third-order valence-electron chi connectivity index (χ3n) is 7.63. The minimum atomic E-state index is -1.18. The SMILES string of the molecule is C[C@H]1CC2=C(C[C@H]3[C@](C)(CC[C@@]4(O)C(C)(C)C=CC(=O)[C@]34C)O2)C(=O)O1. The van der Waals surface area contributed by atoms with Crippen molar-refractivity contribution in [2.24, 2.45) is 16.7 Å². The van der Waals surface area contributed by atoms with Crippen LogP contribution in [0.5, 0.6) is 0 Å². The third-order valence-corrected chi connectivity index (χ3v) is 7.63. The van der Waals surface area contributed by atoms with Gasteiger partial charge in [0.15, 0.2) is 5.78 Å². The maximum Gasteiger partial charge on any atom is 0.337 e. The Bertz CT molecular complexity index is 762. The normalized spacial score (nSPS) is 46.7. The average molecular weight is 360 g/mol. The van der Waals surface area contributed by atoms with Crippen LogP contribution in [-0.2, 0) is 19.1 Å². The molecule has 5 atom stereocenters. The maximum absolute atomic E-state index is 13.1. The molecule has 5 nitrogen and oxygen atoms in total. The van der Waals surface area contributed by atoms with E-state index < -0.39 is 22.0 Å². The molecule has 4 aliphatic rings. The van der Waals surface area contributed by atoms with Gasteiger partial charge in [-0.05, 0) is 46.1 Å². The standard InChI is InChI=1S/C21H28O5/c1-12-10-14-13(17(23)25-12)11-15-19(4,26-14)8-9-21(24)18(2,3)7-6-16(22)20(15,21)5/h6-7,12,15,24H,8-11H2,1-5H3/t12-,15-,19-,20-,21+/m0/s1. The van der Waals surface area contributed by atoms with E-state index in [1.54, 1.807) is 6.08 Å². The zero-order chi connectivity index (χ0) is 19.1. The van der Waals surface area contributed by atoms with E-state index in [0.29, 0.717) is 37.0 Å². The number of esters is 1. The molecule has 0 aromatic rings. The van der Waals surface area contributed by atoms with Crippen LogP contribution >= 0.6 is 0 Å². The van der Waals surface area contributed by atoms with Crippen molar-refractivity contribution in [3.63, 3.8) is 0 Å². The predicted molar refractivity (Wildman–Crippen MR) is 95.0 cm³/mol. The van der Waals surface area contributed by atoms with E-state index in [1.165, 1.54) is 0 Å². The minimum Gasteiger partial charge on any atom is -0.491 e. The molecule has 0 aromatic heterocycles. The second kappa shape index (κ2) is 5.00. The van der Waals surface area contributed by atoms with Crippen LogP contribution in [0.3, 0.4) is 0 Å². The highest BCUT2D eigenvalue weighted by molar-refractivity contribution is 5.98. The van der Waals surface area contributed by atoms with Crippen molar-refractivity contribution in [3.8, 4) is 0 Å². The summed E-state index contributed by atoms with van der Waals surface area (Å²) >= 11 is 0. The van der Waals surface area contributed by atoms with Gasteiger partial charge in [-0.15, -0.1) is 0 Å². The summed E-state index contributed by atoms with van der Waals surface area (Å²) in [4.78, 5) is 25.5. The Morgan fingerprint density at radius 2 is 1.81 bits per heavy atom. The number of carbonyl (C=O) groups is 2. The molecule has 1 N–H and O–H groups in total. The van der Waals surface area contributed by atoms with Gasteiger partial charge < -0.3 is 14.6 Å². The van der Waals surface area contributed by atoms with Crippen molar-refractivity contribution >= 4 is 11.8 Å². The fourth-order valence-electron chi connectivity index (χ4n) is 5.85. The van der Waals surface area contributed by atoms with Gasteiger partial charge in [-0.2, -0.15) is 0 Å². The summed E-state index contributed by atoms with van der Waals surface area (Å²) in [6, 6.07) is 0. The summed E-state index contributed by atoms with van der Waals surface area (Å²) in [5.41, 5.74) is -2.76. The fourth-order valence-corrected chi connectivity index (χ4v) is 5.85. The number of ketones is 1. The van der Waals surface area contributed by atoms with Crippen molar-refractivity contribution in [1.82, 2.24) is 0 Å². The molecule has 0 bridgehead atoms. The van der Waals surface area contributed by atoms with E-state index in [9.17, 15) is 14.7 Å². The smallest absolute Gasteiger partial charge is 0.337 e. The highest BCUT2D eigenvalue weighted by Gasteiger charge is 2.70. The number of hydrogen-bond acceptors (Lipinski definition) is 5. The number of cyclic esters (lactones) is 1. The first kappa shape index (κ1) is 17.8. The second-order valence-corrected chi connectivity index (χ2v) is 9.48. The summed E-state index contributed by atoms with van der Waals surface area (Å²) in [7, 11) is 0. The molecule has 0 amide bonds. The molecule has 0 radical (unpaired) electrons. The highest BCUT2D eigenvalue weighted by atomic mass is 16.6. The van der Waals surface area contributed by atoms with Crippen LogP contribution in [0.4, 0.5) is 0 Å².